The Hall–Kier alpha value is -0.100. The topological polar surface area (TPSA) is 28.2 Å². The summed E-state index contributed by atoms with van der Waals surface area (Å²) in [5, 5.41) is 4.85. The lowest BCUT2D eigenvalue weighted by molar-refractivity contribution is 0.273. The maximum atomic E-state index is 5.06. The number of thiazole rings is 1. The van der Waals surface area contributed by atoms with Gasteiger partial charge in [0.1, 0.15) is 5.01 Å². The average Bonchev–Trinajstić information content (AvgIpc) is 2.83. The van der Waals surface area contributed by atoms with Crippen LogP contribution in [0.15, 0.2) is 0 Å². The van der Waals surface area contributed by atoms with E-state index in [1.54, 1.807) is 0 Å². The molecule has 21 heavy (non-hydrogen) atoms. The molecule has 1 aromatic rings. The van der Waals surface area contributed by atoms with E-state index in [9.17, 15) is 0 Å². The summed E-state index contributed by atoms with van der Waals surface area (Å²) in [6.07, 6.45) is 1.18. The Morgan fingerprint density at radius 1 is 1.38 bits per heavy atom. The van der Waals surface area contributed by atoms with Crippen LogP contribution in [0, 0.1) is 0 Å². The van der Waals surface area contributed by atoms with E-state index in [1.807, 2.05) is 11.3 Å². The van der Waals surface area contributed by atoms with Crippen LogP contribution in [0.4, 0.5) is 0 Å². The molecule has 1 atom stereocenters. The van der Waals surface area contributed by atoms with Crippen molar-refractivity contribution in [2.75, 3.05) is 31.6 Å². The molecule has 1 saturated heterocycles. The number of aromatic nitrogens is 1. The van der Waals surface area contributed by atoms with E-state index in [1.165, 1.54) is 40.0 Å². The Kier molecular flexibility index (Phi) is 6.12. The molecule has 0 aliphatic carbocycles. The smallest absolute Gasteiger partial charge is 0.111 e. The highest BCUT2D eigenvalue weighted by Crippen LogP contribution is 2.36. The highest BCUT2D eigenvalue weighted by molar-refractivity contribution is 7.99. The van der Waals surface area contributed by atoms with Crippen molar-refractivity contribution in [2.24, 2.45) is 0 Å². The van der Waals surface area contributed by atoms with Gasteiger partial charge in [0, 0.05) is 34.9 Å². The first-order valence-electron chi connectivity index (χ1n) is 7.92. The summed E-state index contributed by atoms with van der Waals surface area (Å²) in [6, 6.07) is 0.495. The van der Waals surface area contributed by atoms with E-state index >= 15 is 0 Å². The third kappa shape index (κ3) is 4.44. The number of thioether (sulfide) groups is 1. The van der Waals surface area contributed by atoms with Gasteiger partial charge in [-0.1, -0.05) is 27.7 Å². The molecule has 1 aliphatic heterocycles. The van der Waals surface area contributed by atoms with Crippen LogP contribution in [0.25, 0.3) is 0 Å². The summed E-state index contributed by atoms with van der Waals surface area (Å²) in [5.41, 5.74) is 1.41. The lowest BCUT2D eigenvalue weighted by Crippen LogP contribution is -2.32. The summed E-state index contributed by atoms with van der Waals surface area (Å²) in [7, 11) is 2.23. The molecule has 5 heteroatoms. The number of hydrogen-bond donors (Lipinski definition) is 1. The quantitative estimate of drug-likeness (QED) is 0.836. The van der Waals surface area contributed by atoms with Crippen molar-refractivity contribution >= 4 is 23.1 Å². The maximum Gasteiger partial charge on any atom is 0.111 e. The van der Waals surface area contributed by atoms with Gasteiger partial charge in [-0.25, -0.2) is 4.98 Å². The predicted octanol–water partition coefficient (Wildman–Crippen LogP) is 3.66. The van der Waals surface area contributed by atoms with Gasteiger partial charge < -0.3 is 5.32 Å². The maximum absolute atomic E-state index is 5.06. The van der Waals surface area contributed by atoms with Crippen LogP contribution in [-0.4, -0.2) is 41.5 Å². The number of hydrogen-bond acceptors (Lipinski definition) is 5. The van der Waals surface area contributed by atoms with Crippen molar-refractivity contribution in [3.63, 3.8) is 0 Å². The van der Waals surface area contributed by atoms with Crippen molar-refractivity contribution in [3.05, 3.63) is 15.6 Å². The molecule has 1 fully saturated rings. The zero-order chi connectivity index (χ0) is 15.5. The summed E-state index contributed by atoms with van der Waals surface area (Å²) in [6.45, 7) is 12.2. The molecule has 0 spiro atoms. The summed E-state index contributed by atoms with van der Waals surface area (Å²) < 4.78 is 0. The molecule has 0 bridgehead atoms. The largest absolute Gasteiger partial charge is 0.312 e. The monoisotopic (exact) mass is 327 g/mol. The third-order valence-electron chi connectivity index (χ3n) is 3.82. The number of rotatable bonds is 5. The Bertz CT molecular complexity index is 451. The third-order valence-corrected chi connectivity index (χ3v) is 6.00. The molecule has 0 amide bonds. The molecule has 0 radical (unpaired) electrons. The standard InChI is InChI=1S/C16H29N3S2/c1-6-7-17-10-13-14(16(2,3)4)18-15(21-13)12-11-20-9-8-19(12)5/h12,17H,6-11H2,1-5H3. The fourth-order valence-electron chi connectivity index (χ4n) is 2.54. The van der Waals surface area contributed by atoms with Crippen molar-refractivity contribution in [1.29, 1.82) is 0 Å². The highest BCUT2D eigenvalue weighted by Gasteiger charge is 2.29. The van der Waals surface area contributed by atoms with E-state index in [2.05, 4.69) is 56.7 Å². The molecule has 1 aromatic heterocycles. The zero-order valence-electron chi connectivity index (χ0n) is 14.0. The molecule has 0 saturated carbocycles. The Morgan fingerprint density at radius 2 is 2.14 bits per heavy atom. The second kappa shape index (κ2) is 7.44. The molecule has 120 valence electrons. The molecule has 1 aliphatic rings. The van der Waals surface area contributed by atoms with E-state index in [0.29, 0.717) is 6.04 Å². The normalized spacial score (nSPS) is 20.9. The molecule has 3 nitrogen and oxygen atoms in total. The molecule has 2 heterocycles. The van der Waals surface area contributed by atoms with Crippen molar-refractivity contribution in [2.45, 2.75) is 52.1 Å². The van der Waals surface area contributed by atoms with Crippen LogP contribution in [-0.2, 0) is 12.0 Å². The second-order valence-electron chi connectivity index (χ2n) is 6.82. The van der Waals surface area contributed by atoms with Gasteiger partial charge in [-0.05, 0) is 20.0 Å². The minimum atomic E-state index is 0.123. The molecular formula is C16H29N3S2. The Balaban J connectivity index is 2.22. The fourth-order valence-corrected chi connectivity index (χ4v) is 5.28. The predicted molar refractivity (Wildman–Crippen MR) is 95.5 cm³/mol. The van der Waals surface area contributed by atoms with Gasteiger partial charge >= 0.3 is 0 Å². The zero-order valence-corrected chi connectivity index (χ0v) is 15.7. The summed E-state index contributed by atoms with van der Waals surface area (Å²) in [4.78, 5) is 8.95. The van der Waals surface area contributed by atoms with Gasteiger partial charge in [-0.15, -0.1) is 11.3 Å². The number of nitrogens with zero attached hydrogens (tertiary/aromatic N) is 2. The first kappa shape index (κ1) is 17.3. The molecular weight excluding hydrogens is 298 g/mol. The minimum absolute atomic E-state index is 0.123. The van der Waals surface area contributed by atoms with Crippen molar-refractivity contribution < 1.29 is 0 Å². The Labute approximate surface area is 137 Å². The van der Waals surface area contributed by atoms with E-state index < -0.39 is 0 Å². The SMILES string of the molecule is CCCNCc1sc(C2CSCCN2C)nc1C(C)(C)C. The van der Waals surface area contributed by atoms with Gasteiger partial charge in [-0.3, -0.25) is 4.90 Å². The number of nitrogens with one attached hydrogen (secondary N) is 1. The molecule has 2 rings (SSSR count). The lowest BCUT2D eigenvalue weighted by Gasteiger charge is -2.30. The summed E-state index contributed by atoms with van der Waals surface area (Å²) in [5.74, 6) is 2.42. The molecule has 1 unspecified atom stereocenters. The first-order valence-corrected chi connectivity index (χ1v) is 9.89. The summed E-state index contributed by atoms with van der Waals surface area (Å²) >= 11 is 3.97. The van der Waals surface area contributed by atoms with Gasteiger partial charge in [0.2, 0.25) is 0 Å². The van der Waals surface area contributed by atoms with E-state index in [-0.39, 0.29) is 5.41 Å². The lowest BCUT2D eigenvalue weighted by atomic mass is 9.91. The first-order chi connectivity index (χ1) is 9.93. The molecule has 0 aromatic carbocycles. The minimum Gasteiger partial charge on any atom is -0.312 e. The second-order valence-corrected chi connectivity index (χ2v) is 9.09. The van der Waals surface area contributed by atoms with Crippen LogP contribution in [0.5, 0.6) is 0 Å². The van der Waals surface area contributed by atoms with Gasteiger partial charge in [0.05, 0.1) is 11.7 Å². The van der Waals surface area contributed by atoms with Crippen molar-refractivity contribution in [1.82, 2.24) is 15.2 Å². The highest BCUT2D eigenvalue weighted by atomic mass is 32.2. The van der Waals surface area contributed by atoms with Gasteiger partial charge in [0.25, 0.3) is 0 Å². The van der Waals surface area contributed by atoms with Crippen LogP contribution in [0.1, 0.15) is 55.7 Å². The van der Waals surface area contributed by atoms with Gasteiger partial charge in [0.15, 0.2) is 0 Å². The molecule has 1 N–H and O–H groups in total. The van der Waals surface area contributed by atoms with Crippen LogP contribution >= 0.6 is 23.1 Å². The van der Waals surface area contributed by atoms with E-state index in [4.69, 9.17) is 4.98 Å². The van der Waals surface area contributed by atoms with Crippen molar-refractivity contribution in [3.8, 4) is 0 Å². The van der Waals surface area contributed by atoms with Gasteiger partial charge in [-0.2, -0.15) is 11.8 Å². The van der Waals surface area contributed by atoms with E-state index in [0.717, 1.165) is 13.1 Å². The fraction of sp³-hybridized carbons (Fsp3) is 0.812. The van der Waals surface area contributed by atoms with Crippen LogP contribution < -0.4 is 5.32 Å². The Morgan fingerprint density at radius 3 is 2.76 bits per heavy atom. The average molecular weight is 328 g/mol. The van der Waals surface area contributed by atoms with Crippen LogP contribution in [0.2, 0.25) is 0 Å². The van der Waals surface area contributed by atoms with Crippen LogP contribution in [0.3, 0.4) is 0 Å².